The quantitative estimate of drug-likeness (QED) is 0.687. The lowest BCUT2D eigenvalue weighted by Crippen LogP contribution is -2.43. The molecule has 2 amide bonds. The van der Waals surface area contributed by atoms with Crippen LogP contribution < -0.4 is 5.32 Å². The monoisotopic (exact) mass is 340 g/mol. The summed E-state index contributed by atoms with van der Waals surface area (Å²) >= 11 is 0. The molecular formula is C18H32N2O4. The number of nitrogens with zero attached hydrogens (tertiary/aromatic N) is 1. The number of ether oxygens (including phenoxy) is 1. The highest BCUT2D eigenvalue weighted by atomic mass is 16.5. The van der Waals surface area contributed by atoms with Crippen LogP contribution in [0.25, 0.3) is 0 Å². The van der Waals surface area contributed by atoms with Gasteiger partial charge in [0.25, 0.3) is 0 Å². The van der Waals surface area contributed by atoms with Gasteiger partial charge in [-0.25, -0.2) is 4.79 Å². The summed E-state index contributed by atoms with van der Waals surface area (Å²) in [5, 5.41) is 2.74. The number of carbonyl (C=O) groups is 3. The van der Waals surface area contributed by atoms with Crippen molar-refractivity contribution in [2.24, 2.45) is 11.8 Å². The predicted molar refractivity (Wildman–Crippen MR) is 92.2 cm³/mol. The second-order valence-corrected chi connectivity index (χ2v) is 7.23. The Balaban J connectivity index is 2.43. The van der Waals surface area contributed by atoms with Crippen LogP contribution in [0.3, 0.4) is 0 Å². The van der Waals surface area contributed by atoms with E-state index in [4.69, 9.17) is 4.74 Å². The fourth-order valence-corrected chi connectivity index (χ4v) is 3.04. The Kier molecular flexibility index (Phi) is 8.79. The Morgan fingerprint density at radius 2 is 1.67 bits per heavy atom. The van der Waals surface area contributed by atoms with E-state index in [0.717, 1.165) is 25.9 Å². The molecule has 0 spiro atoms. The first kappa shape index (κ1) is 20.5. The average molecular weight is 340 g/mol. The van der Waals surface area contributed by atoms with E-state index in [-0.39, 0.29) is 30.1 Å². The van der Waals surface area contributed by atoms with E-state index in [1.54, 1.807) is 0 Å². The first-order chi connectivity index (χ1) is 11.3. The lowest BCUT2D eigenvalue weighted by molar-refractivity contribution is -0.145. The summed E-state index contributed by atoms with van der Waals surface area (Å²) in [5.41, 5.74) is 0. The van der Waals surface area contributed by atoms with Gasteiger partial charge < -0.3 is 15.0 Å². The summed E-state index contributed by atoms with van der Waals surface area (Å²) in [4.78, 5) is 38.1. The number of hydrogen-bond donors (Lipinski definition) is 1. The fourth-order valence-electron chi connectivity index (χ4n) is 3.04. The Bertz CT molecular complexity index is 431. The molecule has 1 saturated heterocycles. The number of rotatable bonds is 8. The molecule has 1 fully saturated rings. The molecule has 0 aliphatic carbocycles. The molecule has 0 aromatic heterocycles. The number of esters is 1. The van der Waals surface area contributed by atoms with Crippen molar-refractivity contribution in [2.45, 2.75) is 65.3 Å². The van der Waals surface area contributed by atoms with Crippen molar-refractivity contribution >= 4 is 17.8 Å². The molecule has 6 nitrogen and oxygen atoms in total. The second kappa shape index (κ2) is 10.3. The van der Waals surface area contributed by atoms with Crippen molar-refractivity contribution in [3.05, 3.63) is 0 Å². The molecule has 1 heterocycles. The second-order valence-electron chi connectivity index (χ2n) is 7.23. The molecule has 1 N–H and O–H groups in total. The van der Waals surface area contributed by atoms with Crippen LogP contribution in [0, 0.1) is 11.8 Å². The summed E-state index contributed by atoms with van der Waals surface area (Å²) in [6.45, 7) is 7.54. The third-order valence-electron chi connectivity index (χ3n) is 4.29. The zero-order valence-electron chi connectivity index (χ0n) is 15.5. The molecule has 0 unspecified atom stereocenters. The first-order valence-corrected chi connectivity index (χ1v) is 8.98. The summed E-state index contributed by atoms with van der Waals surface area (Å²) in [7, 11) is 1.32. The van der Waals surface area contributed by atoms with E-state index >= 15 is 0 Å². The minimum atomic E-state index is -0.618. The van der Waals surface area contributed by atoms with Crippen LogP contribution in [0.1, 0.15) is 59.3 Å². The smallest absolute Gasteiger partial charge is 0.328 e. The van der Waals surface area contributed by atoms with Crippen LogP contribution in [-0.4, -0.2) is 48.9 Å². The zero-order chi connectivity index (χ0) is 18.1. The summed E-state index contributed by atoms with van der Waals surface area (Å²) < 4.78 is 4.75. The Morgan fingerprint density at radius 3 is 2.21 bits per heavy atom. The number of nitrogens with one attached hydrogen (secondary N) is 1. The largest absolute Gasteiger partial charge is 0.467 e. The summed E-state index contributed by atoms with van der Waals surface area (Å²) in [5.74, 6) is -0.273. The molecule has 2 atom stereocenters. The number of amides is 2. The Hall–Kier alpha value is -1.59. The minimum Gasteiger partial charge on any atom is -0.467 e. The predicted octanol–water partition coefficient (Wildman–Crippen LogP) is 2.12. The van der Waals surface area contributed by atoms with E-state index in [1.165, 1.54) is 13.5 Å². The van der Waals surface area contributed by atoms with Crippen LogP contribution in [0.2, 0.25) is 0 Å². The molecule has 0 aromatic carbocycles. The normalized spacial score (nSPS) is 17.3. The molecular weight excluding hydrogens is 308 g/mol. The van der Waals surface area contributed by atoms with Crippen molar-refractivity contribution in [2.75, 3.05) is 20.2 Å². The molecule has 138 valence electrons. The van der Waals surface area contributed by atoms with Gasteiger partial charge in [-0.15, -0.1) is 0 Å². The van der Waals surface area contributed by atoms with Gasteiger partial charge >= 0.3 is 5.97 Å². The van der Waals surface area contributed by atoms with Crippen molar-refractivity contribution in [3.8, 4) is 0 Å². The molecule has 0 radical (unpaired) electrons. The van der Waals surface area contributed by atoms with Gasteiger partial charge in [-0.1, -0.05) is 20.8 Å². The third kappa shape index (κ3) is 7.32. The number of piperidine rings is 1. The summed E-state index contributed by atoms with van der Waals surface area (Å²) in [6, 6.07) is -0.618. The van der Waals surface area contributed by atoms with E-state index < -0.39 is 12.0 Å². The van der Waals surface area contributed by atoms with Gasteiger partial charge in [-0.3, -0.25) is 9.59 Å². The highest BCUT2D eigenvalue weighted by Gasteiger charge is 2.24. The van der Waals surface area contributed by atoms with Gasteiger partial charge in [0.1, 0.15) is 6.04 Å². The van der Waals surface area contributed by atoms with Crippen molar-refractivity contribution in [1.82, 2.24) is 10.2 Å². The number of methoxy groups -OCH3 is 1. The number of likely N-dealkylation sites (tertiary alicyclic amines) is 1. The SMILES string of the molecule is COC(=O)[C@@H](CC(C)C)NC(=O)C[C@@H](C)CC(=O)N1CCCCC1. The van der Waals surface area contributed by atoms with Crippen LogP contribution in [0.4, 0.5) is 0 Å². The highest BCUT2D eigenvalue weighted by Crippen LogP contribution is 2.15. The van der Waals surface area contributed by atoms with Crippen molar-refractivity contribution in [1.29, 1.82) is 0 Å². The number of hydrogen-bond acceptors (Lipinski definition) is 4. The maximum absolute atomic E-state index is 12.2. The van der Waals surface area contributed by atoms with Crippen molar-refractivity contribution in [3.63, 3.8) is 0 Å². The molecule has 1 aliphatic heterocycles. The third-order valence-corrected chi connectivity index (χ3v) is 4.29. The standard InChI is InChI=1S/C18H32N2O4/c1-13(2)10-15(18(23)24-4)19-16(21)11-14(3)12-17(22)20-8-6-5-7-9-20/h13-15H,5-12H2,1-4H3,(H,19,21)/t14-,15-/m1/s1. The van der Waals surface area contributed by atoms with Crippen LogP contribution in [0.15, 0.2) is 0 Å². The maximum Gasteiger partial charge on any atom is 0.328 e. The van der Waals surface area contributed by atoms with Gasteiger partial charge in [0.15, 0.2) is 0 Å². The molecule has 0 bridgehead atoms. The van der Waals surface area contributed by atoms with E-state index in [9.17, 15) is 14.4 Å². The van der Waals surface area contributed by atoms with E-state index in [1.807, 2.05) is 25.7 Å². The van der Waals surface area contributed by atoms with Crippen LogP contribution >= 0.6 is 0 Å². The van der Waals surface area contributed by atoms with Gasteiger partial charge in [-0.05, 0) is 37.5 Å². The first-order valence-electron chi connectivity index (χ1n) is 8.98. The van der Waals surface area contributed by atoms with Crippen LogP contribution in [-0.2, 0) is 19.1 Å². The van der Waals surface area contributed by atoms with Crippen molar-refractivity contribution < 1.29 is 19.1 Å². The number of carbonyl (C=O) groups excluding carboxylic acids is 3. The lowest BCUT2D eigenvalue weighted by Gasteiger charge is -2.28. The summed E-state index contributed by atoms with van der Waals surface area (Å²) in [6.07, 6.45) is 4.48. The van der Waals surface area contributed by atoms with E-state index in [0.29, 0.717) is 12.8 Å². The molecule has 1 rings (SSSR count). The maximum atomic E-state index is 12.2. The average Bonchev–Trinajstić information content (AvgIpc) is 2.53. The van der Waals surface area contributed by atoms with Gasteiger partial charge in [0, 0.05) is 25.9 Å². The topological polar surface area (TPSA) is 75.7 Å². The van der Waals surface area contributed by atoms with E-state index in [2.05, 4.69) is 5.32 Å². The Morgan fingerprint density at radius 1 is 1.04 bits per heavy atom. The molecule has 0 saturated carbocycles. The van der Waals surface area contributed by atoms with Gasteiger partial charge in [-0.2, -0.15) is 0 Å². The highest BCUT2D eigenvalue weighted by molar-refractivity contribution is 5.85. The molecule has 24 heavy (non-hydrogen) atoms. The molecule has 1 aliphatic rings. The van der Waals surface area contributed by atoms with Gasteiger partial charge in [0.05, 0.1) is 7.11 Å². The lowest BCUT2D eigenvalue weighted by atomic mass is 10.00. The molecule has 0 aromatic rings. The van der Waals surface area contributed by atoms with Gasteiger partial charge in [0.2, 0.25) is 11.8 Å². The van der Waals surface area contributed by atoms with Crippen LogP contribution in [0.5, 0.6) is 0 Å². The molecule has 6 heteroatoms. The zero-order valence-corrected chi connectivity index (χ0v) is 15.5. The minimum absolute atomic E-state index is 0.0447. The Labute approximate surface area is 145 Å². The fraction of sp³-hybridized carbons (Fsp3) is 0.833.